The zero-order valence-corrected chi connectivity index (χ0v) is 16.2. The van der Waals surface area contributed by atoms with E-state index >= 15 is 0 Å². The number of carbonyl (C=O) groups is 1. The summed E-state index contributed by atoms with van der Waals surface area (Å²) in [5.41, 5.74) is 2.42. The van der Waals surface area contributed by atoms with Crippen molar-refractivity contribution in [2.24, 2.45) is 0 Å². The SMILES string of the molecule is Cc1ccc(C(=O)N2CCO[C@H](c3ncc(Cc4ccccc4Cl)o3)C2)cn1. The van der Waals surface area contributed by atoms with Crippen LogP contribution in [0.2, 0.25) is 5.02 Å². The number of hydrogen-bond donors (Lipinski definition) is 0. The number of morpholine rings is 1. The maximum Gasteiger partial charge on any atom is 0.255 e. The van der Waals surface area contributed by atoms with Crippen LogP contribution in [0.25, 0.3) is 0 Å². The molecule has 1 atom stereocenters. The molecular formula is C21H20ClN3O3. The molecule has 0 unspecified atom stereocenters. The Balaban J connectivity index is 1.45. The zero-order chi connectivity index (χ0) is 19.5. The van der Waals surface area contributed by atoms with Gasteiger partial charge in [0.2, 0.25) is 5.89 Å². The minimum atomic E-state index is -0.392. The second-order valence-electron chi connectivity index (χ2n) is 6.73. The van der Waals surface area contributed by atoms with Gasteiger partial charge in [0.15, 0.2) is 6.10 Å². The minimum Gasteiger partial charge on any atom is -0.442 e. The lowest BCUT2D eigenvalue weighted by Crippen LogP contribution is -2.42. The van der Waals surface area contributed by atoms with E-state index in [1.54, 1.807) is 23.4 Å². The number of benzene rings is 1. The lowest BCUT2D eigenvalue weighted by atomic mass is 10.1. The van der Waals surface area contributed by atoms with Gasteiger partial charge < -0.3 is 14.1 Å². The first-order valence-electron chi connectivity index (χ1n) is 9.11. The quantitative estimate of drug-likeness (QED) is 0.669. The molecule has 144 valence electrons. The van der Waals surface area contributed by atoms with E-state index < -0.39 is 6.10 Å². The maximum atomic E-state index is 12.7. The Hall–Kier alpha value is -2.70. The van der Waals surface area contributed by atoms with Gasteiger partial charge in [0.05, 0.1) is 24.9 Å². The third-order valence-electron chi connectivity index (χ3n) is 4.68. The summed E-state index contributed by atoms with van der Waals surface area (Å²) in [6.45, 7) is 3.23. The summed E-state index contributed by atoms with van der Waals surface area (Å²) in [5, 5.41) is 0.692. The van der Waals surface area contributed by atoms with Crippen molar-refractivity contribution in [3.63, 3.8) is 0 Å². The number of ether oxygens (including phenoxy) is 1. The number of amides is 1. The van der Waals surface area contributed by atoms with Crippen molar-refractivity contribution in [3.05, 3.63) is 82.3 Å². The molecule has 6 nitrogen and oxygen atoms in total. The highest BCUT2D eigenvalue weighted by Crippen LogP contribution is 2.25. The van der Waals surface area contributed by atoms with Crippen molar-refractivity contribution in [1.29, 1.82) is 0 Å². The number of halogens is 1. The number of carbonyl (C=O) groups excluding carboxylic acids is 1. The van der Waals surface area contributed by atoms with E-state index in [9.17, 15) is 4.79 Å². The molecule has 0 radical (unpaired) electrons. The van der Waals surface area contributed by atoms with Crippen LogP contribution < -0.4 is 0 Å². The van der Waals surface area contributed by atoms with Crippen molar-refractivity contribution in [3.8, 4) is 0 Å². The summed E-state index contributed by atoms with van der Waals surface area (Å²) in [5.74, 6) is 1.11. The van der Waals surface area contributed by atoms with Gasteiger partial charge in [-0.1, -0.05) is 29.8 Å². The fourth-order valence-electron chi connectivity index (χ4n) is 3.14. The monoisotopic (exact) mass is 397 g/mol. The largest absolute Gasteiger partial charge is 0.442 e. The number of aryl methyl sites for hydroxylation is 1. The van der Waals surface area contributed by atoms with Crippen LogP contribution in [0.5, 0.6) is 0 Å². The number of aromatic nitrogens is 2. The summed E-state index contributed by atoms with van der Waals surface area (Å²) in [6, 6.07) is 11.3. The van der Waals surface area contributed by atoms with Crippen molar-refractivity contribution in [2.45, 2.75) is 19.4 Å². The molecule has 28 heavy (non-hydrogen) atoms. The third kappa shape index (κ3) is 4.08. The van der Waals surface area contributed by atoms with Gasteiger partial charge in [-0.15, -0.1) is 0 Å². The van der Waals surface area contributed by atoms with Crippen LogP contribution in [0, 0.1) is 6.92 Å². The summed E-state index contributed by atoms with van der Waals surface area (Å²) >= 11 is 6.22. The van der Waals surface area contributed by atoms with Gasteiger partial charge in [0.25, 0.3) is 5.91 Å². The molecule has 1 fully saturated rings. The zero-order valence-electron chi connectivity index (χ0n) is 15.5. The summed E-state index contributed by atoms with van der Waals surface area (Å²) in [6.07, 6.45) is 3.45. The van der Waals surface area contributed by atoms with Gasteiger partial charge in [-0.3, -0.25) is 9.78 Å². The van der Waals surface area contributed by atoms with Crippen molar-refractivity contribution < 1.29 is 13.9 Å². The molecule has 1 amide bonds. The maximum absolute atomic E-state index is 12.7. The molecule has 0 spiro atoms. The molecule has 0 N–H and O–H groups in total. The standard InChI is InChI=1S/C21H20ClN3O3/c1-14-6-7-16(11-23-14)21(26)25-8-9-27-19(13-25)20-24-12-17(28-20)10-15-4-2-3-5-18(15)22/h2-7,11-12,19H,8-10,13H2,1H3/t19-/m0/s1. The average Bonchev–Trinajstić information content (AvgIpc) is 3.19. The Morgan fingerprint density at radius 3 is 2.86 bits per heavy atom. The molecule has 1 aliphatic rings. The van der Waals surface area contributed by atoms with Gasteiger partial charge in [-0.25, -0.2) is 4.98 Å². The molecule has 1 aromatic carbocycles. The Bertz CT molecular complexity index is 971. The second-order valence-corrected chi connectivity index (χ2v) is 7.14. The fraction of sp³-hybridized carbons (Fsp3) is 0.286. The molecule has 1 aliphatic heterocycles. The van der Waals surface area contributed by atoms with Gasteiger partial charge in [-0.05, 0) is 30.7 Å². The molecular weight excluding hydrogens is 378 g/mol. The Morgan fingerprint density at radius 2 is 2.07 bits per heavy atom. The van der Waals surface area contributed by atoms with E-state index in [-0.39, 0.29) is 5.91 Å². The smallest absolute Gasteiger partial charge is 0.255 e. The molecule has 2 aromatic heterocycles. The first kappa shape index (κ1) is 18.7. The van der Waals surface area contributed by atoms with Crippen molar-refractivity contribution in [2.75, 3.05) is 19.7 Å². The van der Waals surface area contributed by atoms with E-state index in [2.05, 4.69) is 9.97 Å². The Kier molecular flexibility index (Phi) is 5.41. The van der Waals surface area contributed by atoms with E-state index in [4.69, 9.17) is 20.8 Å². The summed E-state index contributed by atoms with van der Waals surface area (Å²) < 4.78 is 11.7. The van der Waals surface area contributed by atoms with E-state index in [1.807, 2.05) is 37.3 Å². The van der Waals surface area contributed by atoms with Crippen LogP contribution in [0.4, 0.5) is 0 Å². The predicted molar refractivity (Wildman–Crippen MR) is 104 cm³/mol. The lowest BCUT2D eigenvalue weighted by Gasteiger charge is -2.31. The molecule has 0 saturated carbocycles. The lowest BCUT2D eigenvalue weighted by molar-refractivity contribution is -0.0349. The summed E-state index contributed by atoms with van der Waals surface area (Å²) in [7, 11) is 0. The number of pyridine rings is 1. The number of rotatable bonds is 4. The molecule has 7 heteroatoms. The van der Waals surface area contributed by atoms with E-state index in [0.29, 0.717) is 48.4 Å². The molecule has 3 aromatic rings. The topological polar surface area (TPSA) is 68.5 Å². The Morgan fingerprint density at radius 1 is 1.21 bits per heavy atom. The highest BCUT2D eigenvalue weighted by Gasteiger charge is 2.29. The predicted octanol–water partition coefficient (Wildman–Crippen LogP) is 3.84. The molecule has 1 saturated heterocycles. The van der Waals surface area contributed by atoms with Gasteiger partial charge >= 0.3 is 0 Å². The van der Waals surface area contributed by atoms with Crippen LogP contribution in [0.15, 0.2) is 53.2 Å². The first-order valence-corrected chi connectivity index (χ1v) is 9.49. The molecule has 3 heterocycles. The van der Waals surface area contributed by atoms with Crippen LogP contribution >= 0.6 is 11.6 Å². The average molecular weight is 398 g/mol. The number of nitrogens with zero attached hydrogens (tertiary/aromatic N) is 3. The van der Waals surface area contributed by atoms with Crippen LogP contribution in [0.1, 0.15) is 39.4 Å². The van der Waals surface area contributed by atoms with Crippen LogP contribution in [-0.4, -0.2) is 40.5 Å². The second kappa shape index (κ2) is 8.12. The first-order chi connectivity index (χ1) is 13.6. The Labute approximate surface area is 168 Å². The van der Waals surface area contributed by atoms with E-state index in [1.165, 1.54) is 0 Å². The van der Waals surface area contributed by atoms with Gasteiger partial charge in [-0.2, -0.15) is 0 Å². The number of hydrogen-bond acceptors (Lipinski definition) is 5. The van der Waals surface area contributed by atoms with Crippen molar-refractivity contribution in [1.82, 2.24) is 14.9 Å². The highest BCUT2D eigenvalue weighted by molar-refractivity contribution is 6.31. The van der Waals surface area contributed by atoms with Crippen LogP contribution in [0.3, 0.4) is 0 Å². The highest BCUT2D eigenvalue weighted by atomic mass is 35.5. The molecule has 0 bridgehead atoms. The van der Waals surface area contributed by atoms with Gasteiger partial charge in [0.1, 0.15) is 5.76 Å². The van der Waals surface area contributed by atoms with Crippen molar-refractivity contribution >= 4 is 17.5 Å². The fourth-order valence-corrected chi connectivity index (χ4v) is 3.35. The minimum absolute atomic E-state index is 0.0661. The summed E-state index contributed by atoms with van der Waals surface area (Å²) in [4.78, 5) is 23.0. The molecule has 0 aliphatic carbocycles. The molecule has 4 rings (SSSR count). The third-order valence-corrected chi connectivity index (χ3v) is 5.05. The number of oxazole rings is 1. The van der Waals surface area contributed by atoms with Crippen LogP contribution in [-0.2, 0) is 11.2 Å². The normalized spacial score (nSPS) is 16.9. The van der Waals surface area contributed by atoms with Gasteiger partial charge in [0, 0.05) is 29.9 Å². The van der Waals surface area contributed by atoms with E-state index in [0.717, 1.165) is 11.3 Å².